The summed E-state index contributed by atoms with van der Waals surface area (Å²) in [5.74, 6) is -1.13. The van der Waals surface area contributed by atoms with E-state index in [2.05, 4.69) is 17.9 Å². The summed E-state index contributed by atoms with van der Waals surface area (Å²) in [6, 6.07) is 9.13. The Kier molecular flexibility index (Phi) is 3.33. The Morgan fingerprint density at radius 3 is 2.44 bits per heavy atom. The summed E-state index contributed by atoms with van der Waals surface area (Å²) >= 11 is 4.11. The molecule has 7 heteroatoms. The molecule has 0 atom stereocenters. The number of thiol groups is 1. The molecule has 1 amide bonds. The molecule has 0 saturated carbocycles. The Morgan fingerprint density at radius 2 is 1.89 bits per heavy atom. The van der Waals surface area contributed by atoms with E-state index in [4.69, 9.17) is 4.42 Å². The minimum absolute atomic E-state index is 0.114. The van der Waals surface area contributed by atoms with Gasteiger partial charge in [-0.2, -0.15) is 0 Å². The van der Waals surface area contributed by atoms with Crippen LogP contribution in [0.15, 0.2) is 45.7 Å². The molecule has 0 saturated heterocycles. The minimum Gasteiger partial charge on any atom is -0.395 e. The number of carbonyl (C=O) groups excluding carboxylic acids is 1. The third kappa shape index (κ3) is 2.69. The Bertz CT molecular complexity index is 591. The Labute approximate surface area is 107 Å². The Hall–Kier alpha value is -2.28. The predicted octanol–water partition coefficient (Wildman–Crippen LogP) is 2.73. The van der Waals surface area contributed by atoms with Crippen LogP contribution in [0, 0.1) is 10.1 Å². The van der Waals surface area contributed by atoms with Crippen LogP contribution in [-0.2, 0) is 0 Å². The van der Waals surface area contributed by atoms with Crippen molar-refractivity contribution >= 4 is 30.1 Å². The maximum atomic E-state index is 11.7. The number of hydrogen-bond acceptors (Lipinski definition) is 5. The van der Waals surface area contributed by atoms with Crippen molar-refractivity contribution in [1.29, 1.82) is 0 Å². The fourth-order valence-electron chi connectivity index (χ4n) is 1.29. The maximum absolute atomic E-state index is 11.7. The molecule has 0 unspecified atom stereocenters. The number of nitro groups is 1. The van der Waals surface area contributed by atoms with Gasteiger partial charge in [-0.3, -0.25) is 14.9 Å². The predicted molar refractivity (Wildman–Crippen MR) is 67.0 cm³/mol. The highest BCUT2D eigenvalue weighted by Crippen LogP contribution is 2.18. The Morgan fingerprint density at radius 1 is 1.22 bits per heavy atom. The number of carbonyl (C=O) groups is 1. The van der Waals surface area contributed by atoms with Crippen molar-refractivity contribution in [3.05, 3.63) is 52.3 Å². The smallest absolute Gasteiger partial charge is 0.395 e. The maximum Gasteiger partial charge on any atom is 0.433 e. The largest absolute Gasteiger partial charge is 0.433 e. The van der Waals surface area contributed by atoms with Crippen LogP contribution in [0.1, 0.15) is 10.6 Å². The number of nitrogens with one attached hydrogen (secondary N) is 1. The molecule has 0 aliphatic rings. The van der Waals surface area contributed by atoms with Gasteiger partial charge in [0.25, 0.3) is 5.91 Å². The molecule has 1 heterocycles. The van der Waals surface area contributed by atoms with Gasteiger partial charge in [0.2, 0.25) is 0 Å². The third-order valence-corrected chi connectivity index (χ3v) is 2.42. The van der Waals surface area contributed by atoms with Crippen LogP contribution in [0.4, 0.5) is 11.6 Å². The van der Waals surface area contributed by atoms with E-state index < -0.39 is 16.7 Å². The molecule has 1 aromatic carbocycles. The minimum atomic E-state index is -0.702. The van der Waals surface area contributed by atoms with Gasteiger partial charge in [-0.15, -0.1) is 12.6 Å². The van der Waals surface area contributed by atoms with Crippen LogP contribution in [0.5, 0.6) is 0 Å². The van der Waals surface area contributed by atoms with Gasteiger partial charge in [0, 0.05) is 10.6 Å². The first kappa shape index (κ1) is 12.2. The quantitative estimate of drug-likeness (QED) is 0.507. The van der Waals surface area contributed by atoms with Crippen LogP contribution in [0.25, 0.3) is 0 Å². The first-order valence-corrected chi connectivity index (χ1v) is 5.35. The molecule has 0 spiro atoms. The molecule has 0 bridgehead atoms. The lowest BCUT2D eigenvalue weighted by Crippen LogP contribution is -2.10. The molecule has 1 aromatic heterocycles. The van der Waals surface area contributed by atoms with Crippen LogP contribution >= 0.6 is 12.6 Å². The average molecular weight is 264 g/mol. The van der Waals surface area contributed by atoms with E-state index in [1.165, 1.54) is 6.07 Å². The molecule has 2 rings (SSSR count). The third-order valence-electron chi connectivity index (χ3n) is 2.12. The van der Waals surface area contributed by atoms with Gasteiger partial charge in [0.05, 0.1) is 6.07 Å². The molecule has 0 aliphatic carbocycles. The summed E-state index contributed by atoms with van der Waals surface area (Å²) in [4.78, 5) is 22.2. The average Bonchev–Trinajstić information content (AvgIpc) is 2.81. The van der Waals surface area contributed by atoms with Gasteiger partial charge in [-0.05, 0) is 30.3 Å². The van der Waals surface area contributed by atoms with Crippen molar-refractivity contribution < 1.29 is 14.1 Å². The standard InChI is InChI=1S/C11H8N2O4S/c14-11(9-5-6-10(17-9)13(15)16)12-7-1-3-8(18)4-2-7/h1-6,18H,(H,12,14). The van der Waals surface area contributed by atoms with E-state index in [-0.39, 0.29) is 5.76 Å². The summed E-state index contributed by atoms with van der Waals surface area (Å²) in [5.41, 5.74) is 0.553. The number of furan rings is 1. The van der Waals surface area contributed by atoms with Gasteiger partial charge in [-0.25, -0.2) is 0 Å². The van der Waals surface area contributed by atoms with Gasteiger partial charge in [-0.1, -0.05) is 0 Å². The first-order valence-electron chi connectivity index (χ1n) is 4.91. The molecule has 2 aromatic rings. The normalized spacial score (nSPS) is 10.1. The molecule has 0 radical (unpaired) electrons. The van der Waals surface area contributed by atoms with E-state index in [9.17, 15) is 14.9 Å². The molecule has 1 N–H and O–H groups in total. The van der Waals surface area contributed by atoms with E-state index in [1.54, 1.807) is 24.3 Å². The summed E-state index contributed by atoms with van der Waals surface area (Å²) < 4.78 is 4.78. The van der Waals surface area contributed by atoms with E-state index in [0.29, 0.717) is 5.69 Å². The second-order valence-electron chi connectivity index (χ2n) is 3.40. The highest BCUT2D eigenvalue weighted by Gasteiger charge is 2.17. The lowest BCUT2D eigenvalue weighted by Gasteiger charge is -2.02. The van der Waals surface area contributed by atoms with Crippen LogP contribution in [-0.4, -0.2) is 10.8 Å². The second-order valence-corrected chi connectivity index (χ2v) is 3.91. The number of amides is 1. The Balaban J connectivity index is 2.11. The van der Waals surface area contributed by atoms with E-state index >= 15 is 0 Å². The first-order chi connectivity index (χ1) is 8.56. The van der Waals surface area contributed by atoms with Crippen LogP contribution in [0.2, 0.25) is 0 Å². The van der Waals surface area contributed by atoms with Crippen molar-refractivity contribution in [2.75, 3.05) is 5.32 Å². The topological polar surface area (TPSA) is 85.4 Å². The van der Waals surface area contributed by atoms with Crippen molar-refractivity contribution in [3.63, 3.8) is 0 Å². The number of hydrogen-bond donors (Lipinski definition) is 2. The van der Waals surface area contributed by atoms with Gasteiger partial charge < -0.3 is 9.73 Å². The molecular formula is C11H8N2O4S. The monoisotopic (exact) mass is 264 g/mol. The summed E-state index contributed by atoms with van der Waals surface area (Å²) in [5, 5.41) is 13.0. The molecule has 18 heavy (non-hydrogen) atoms. The number of anilines is 1. The number of rotatable bonds is 3. The van der Waals surface area contributed by atoms with Crippen LogP contribution < -0.4 is 5.32 Å². The highest BCUT2D eigenvalue weighted by molar-refractivity contribution is 7.80. The fraction of sp³-hybridized carbons (Fsp3) is 0. The van der Waals surface area contributed by atoms with Crippen LogP contribution in [0.3, 0.4) is 0 Å². The zero-order valence-electron chi connectivity index (χ0n) is 8.99. The van der Waals surface area contributed by atoms with Gasteiger partial charge in [0.1, 0.15) is 4.92 Å². The van der Waals surface area contributed by atoms with Crippen molar-refractivity contribution in [2.45, 2.75) is 4.90 Å². The number of nitrogens with zero attached hydrogens (tertiary/aromatic N) is 1. The van der Waals surface area contributed by atoms with E-state index in [0.717, 1.165) is 11.0 Å². The lowest BCUT2D eigenvalue weighted by atomic mass is 10.3. The zero-order chi connectivity index (χ0) is 13.1. The number of benzene rings is 1. The molecule has 0 fully saturated rings. The molecular weight excluding hydrogens is 256 g/mol. The van der Waals surface area contributed by atoms with E-state index in [1.807, 2.05) is 0 Å². The lowest BCUT2D eigenvalue weighted by molar-refractivity contribution is -0.402. The highest BCUT2D eigenvalue weighted by atomic mass is 32.1. The van der Waals surface area contributed by atoms with Crippen molar-refractivity contribution in [3.8, 4) is 0 Å². The second kappa shape index (κ2) is 4.92. The molecule has 0 aliphatic heterocycles. The molecule has 92 valence electrons. The SMILES string of the molecule is O=C(Nc1ccc(S)cc1)c1ccc([N+](=O)[O-])o1. The van der Waals surface area contributed by atoms with Gasteiger partial charge in [0.15, 0.2) is 5.76 Å². The van der Waals surface area contributed by atoms with Crippen molar-refractivity contribution in [2.24, 2.45) is 0 Å². The van der Waals surface area contributed by atoms with Gasteiger partial charge >= 0.3 is 5.88 Å². The summed E-state index contributed by atoms with van der Waals surface area (Å²) in [6.45, 7) is 0. The summed E-state index contributed by atoms with van der Waals surface area (Å²) in [6.07, 6.45) is 0. The zero-order valence-corrected chi connectivity index (χ0v) is 9.89. The van der Waals surface area contributed by atoms with Crippen molar-refractivity contribution in [1.82, 2.24) is 0 Å². The summed E-state index contributed by atoms with van der Waals surface area (Å²) in [7, 11) is 0. The molecule has 6 nitrogen and oxygen atoms in total. The fourth-order valence-corrected chi connectivity index (χ4v) is 1.43.